The number of furan rings is 1. The van der Waals surface area contributed by atoms with Gasteiger partial charge in [-0.25, -0.2) is 0 Å². The zero-order valence-electron chi connectivity index (χ0n) is 29.7. The molecule has 0 aliphatic rings. The molecule has 0 N–H and O–H groups in total. The second-order valence-electron chi connectivity index (χ2n) is 14.1. The van der Waals surface area contributed by atoms with E-state index in [0.717, 1.165) is 32.9 Å². The number of benzene rings is 9. The van der Waals surface area contributed by atoms with Gasteiger partial charge in [0.25, 0.3) is 0 Å². The average molecular weight is 689 g/mol. The van der Waals surface area contributed by atoms with Crippen molar-refractivity contribution in [3.05, 3.63) is 229 Å². The molecule has 54 heavy (non-hydrogen) atoms. The minimum Gasteiger partial charge on any atom is -0.455 e. The molecule has 0 bridgehead atoms. The fraction of sp³-hybridized carbons (Fsp3) is 0.0189. The van der Waals surface area contributed by atoms with Crippen molar-refractivity contribution in [3.8, 4) is 44.5 Å². The van der Waals surface area contributed by atoms with Crippen molar-refractivity contribution in [1.82, 2.24) is 0 Å². The van der Waals surface area contributed by atoms with Crippen LogP contribution >= 0.6 is 0 Å². The highest BCUT2D eigenvalue weighted by Crippen LogP contribution is 2.44. The molecular formula is C53H36O. The lowest BCUT2D eigenvalue weighted by atomic mass is 9.82. The first-order valence-corrected chi connectivity index (χ1v) is 18.6. The Morgan fingerprint density at radius 2 is 0.759 bits per heavy atom. The fourth-order valence-corrected chi connectivity index (χ4v) is 8.10. The Labute approximate surface area is 315 Å². The minimum absolute atomic E-state index is 0.0312. The maximum atomic E-state index is 6.94. The molecule has 10 aromatic rings. The molecule has 1 aromatic heterocycles. The quantitative estimate of drug-likeness (QED) is 0.152. The van der Waals surface area contributed by atoms with E-state index >= 15 is 0 Å². The predicted molar refractivity (Wildman–Crippen MR) is 227 cm³/mol. The Balaban J connectivity index is 1.19. The molecule has 0 atom stereocenters. The zero-order valence-corrected chi connectivity index (χ0v) is 29.7. The highest BCUT2D eigenvalue weighted by Gasteiger charge is 2.23. The second kappa shape index (κ2) is 13.5. The minimum atomic E-state index is -0.0312. The molecule has 254 valence electrons. The van der Waals surface area contributed by atoms with E-state index in [2.05, 4.69) is 212 Å². The van der Waals surface area contributed by atoms with Crippen LogP contribution in [0.1, 0.15) is 22.6 Å². The summed E-state index contributed by atoms with van der Waals surface area (Å²) >= 11 is 0. The molecule has 0 unspecified atom stereocenters. The fourth-order valence-electron chi connectivity index (χ4n) is 8.10. The van der Waals surface area contributed by atoms with Gasteiger partial charge < -0.3 is 4.42 Å². The Bertz CT molecular complexity index is 2790. The van der Waals surface area contributed by atoms with Crippen LogP contribution in [0.2, 0.25) is 0 Å². The Kier molecular flexibility index (Phi) is 7.96. The molecule has 0 saturated carbocycles. The Morgan fingerprint density at radius 3 is 1.30 bits per heavy atom. The van der Waals surface area contributed by atoms with E-state index in [1.807, 2.05) is 0 Å². The van der Waals surface area contributed by atoms with Crippen molar-refractivity contribution in [2.24, 2.45) is 0 Å². The zero-order chi connectivity index (χ0) is 35.8. The van der Waals surface area contributed by atoms with Gasteiger partial charge in [-0.2, -0.15) is 0 Å². The lowest BCUT2D eigenvalue weighted by Crippen LogP contribution is -2.04. The molecule has 10 rings (SSSR count). The van der Waals surface area contributed by atoms with Crippen molar-refractivity contribution >= 4 is 32.7 Å². The molecule has 9 aromatic carbocycles. The second-order valence-corrected chi connectivity index (χ2v) is 14.1. The third kappa shape index (κ3) is 5.77. The first kappa shape index (κ1) is 31.7. The van der Waals surface area contributed by atoms with Crippen LogP contribution in [0.5, 0.6) is 0 Å². The summed E-state index contributed by atoms with van der Waals surface area (Å²) in [5.74, 6) is -0.0312. The van der Waals surface area contributed by atoms with Crippen LogP contribution in [0.3, 0.4) is 0 Å². The van der Waals surface area contributed by atoms with Crippen molar-refractivity contribution in [2.75, 3.05) is 0 Å². The standard InChI is InChI=1S/C53H36O/c1-4-12-36(13-5-1)39-20-26-43(27-21-39)49-34-46(35-50-52(49)48-33-32-42-18-10-11-19-47(42)53(48)54-50)51(44-28-22-40(23-29-44)37-14-6-2-7-15-37)45-30-24-41(25-31-45)38-16-8-3-9-17-38/h1-35,51H. The van der Waals surface area contributed by atoms with Gasteiger partial charge in [0.2, 0.25) is 0 Å². The van der Waals surface area contributed by atoms with Gasteiger partial charge in [0.05, 0.1) is 0 Å². The van der Waals surface area contributed by atoms with Crippen LogP contribution in [-0.4, -0.2) is 0 Å². The van der Waals surface area contributed by atoms with Crippen LogP contribution in [0.4, 0.5) is 0 Å². The summed E-state index contributed by atoms with van der Waals surface area (Å²) < 4.78 is 6.94. The Morgan fingerprint density at radius 1 is 0.315 bits per heavy atom. The summed E-state index contributed by atoms with van der Waals surface area (Å²) in [4.78, 5) is 0. The molecule has 0 aliphatic carbocycles. The van der Waals surface area contributed by atoms with E-state index in [1.54, 1.807) is 0 Å². The SMILES string of the molecule is c1ccc(-c2ccc(-c3cc(C(c4ccc(-c5ccccc5)cc4)c4ccc(-c5ccccc5)cc4)cc4oc5c6ccccc6ccc5c34)cc2)cc1. The van der Waals surface area contributed by atoms with Gasteiger partial charge in [-0.3, -0.25) is 0 Å². The topological polar surface area (TPSA) is 13.1 Å². The average Bonchev–Trinajstić information content (AvgIpc) is 3.64. The molecule has 0 amide bonds. The summed E-state index contributed by atoms with van der Waals surface area (Å²) in [6, 6.07) is 76.6. The lowest BCUT2D eigenvalue weighted by Gasteiger charge is -2.21. The van der Waals surface area contributed by atoms with Crippen LogP contribution in [-0.2, 0) is 0 Å². The first-order valence-electron chi connectivity index (χ1n) is 18.6. The molecule has 0 saturated heterocycles. The molecule has 1 heteroatoms. The summed E-state index contributed by atoms with van der Waals surface area (Å²) in [6.07, 6.45) is 0. The molecule has 0 radical (unpaired) electrons. The van der Waals surface area contributed by atoms with Crippen LogP contribution in [0, 0.1) is 0 Å². The van der Waals surface area contributed by atoms with Gasteiger partial charge in [-0.05, 0) is 84.8 Å². The Hall–Kier alpha value is -6.96. The highest BCUT2D eigenvalue weighted by molar-refractivity contribution is 6.19. The molecule has 0 spiro atoms. The van der Waals surface area contributed by atoms with E-state index in [1.165, 1.54) is 61.0 Å². The third-order valence-corrected chi connectivity index (χ3v) is 10.8. The van der Waals surface area contributed by atoms with Gasteiger partial charge in [0.1, 0.15) is 11.2 Å². The van der Waals surface area contributed by atoms with E-state index in [9.17, 15) is 0 Å². The first-order chi connectivity index (χ1) is 26.8. The normalized spacial score (nSPS) is 11.5. The molecular weight excluding hydrogens is 653 g/mol. The van der Waals surface area contributed by atoms with Gasteiger partial charge in [-0.1, -0.05) is 194 Å². The molecule has 1 nitrogen and oxygen atoms in total. The monoisotopic (exact) mass is 688 g/mol. The van der Waals surface area contributed by atoms with Crippen molar-refractivity contribution < 1.29 is 4.42 Å². The third-order valence-electron chi connectivity index (χ3n) is 10.8. The predicted octanol–water partition coefficient (Wildman–Crippen LogP) is 14.6. The molecule has 0 fully saturated rings. The number of rotatable bonds is 7. The summed E-state index contributed by atoms with van der Waals surface area (Å²) in [5, 5.41) is 4.58. The highest BCUT2D eigenvalue weighted by atomic mass is 16.3. The van der Waals surface area contributed by atoms with Crippen molar-refractivity contribution in [1.29, 1.82) is 0 Å². The smallest absolute Gasteiger partial charge is 0.143 e. The van der Waals surface area contributed by atoms with Gasteiger partial charge in [-0.15, -0.1) is 0 Å². The largest absolute Gasteiger partial charge is 0.455 e. The summed E-state index contributed by atoms with van der Waals surface area (Å²) in [6.45, 7) is 0. The summed E-state index contributed by atoms with van der Waals surface area (Å²) in [7, 11) is 0. The number of hydrogen-bond acceptors (Lipinski definition) is 1. The number of hydrogen-bond donors (Lipinski definition) is 0. The number of fused-ring (bicyclic) bond motifs is 5. The maximum Gasteiger partial charge on any atom is 0.143 e. The van der Waals surface area contributed by atoms with Crippen LogP contribution < -0.4 is 0 Å². The van der Waals surface area contributed by atoms with Crippen molar-refractivity contribution in [3.63, 3.8) is 0 Å². The van der Waals surface area contributed by atoms with E-state index < -0.39 is 0 Å². The molecule has 0 aliphatic heterocycles. The van der Waals surface area contributed by atoms with Gasteiger partial charge in [0.15, 0.2) is 0 Å². The van der Waals surface area contributed by atoms with Crippen LogP contribution in [0.15, 0.2) is 217 Å². The van der Waals surface area contributed by atoms with E-state index in [-0.39, 0.29) is 5.92 Å². The maximum absolute atomic E-state index is 6.94. The van der Waals surface area contributed by atoms with E-state index in [0.29, 0.717) is 0 Å². The van der Waals surface area contributed by atoms with Gasteiger partial charge in [0, 0.05) is 22.1 Å². The van der Waals surface area contributed by atoms with E-state index in [4.69, 9.17) is 4.42 Å². The van der Waals surface area contributed by atoms with Gasteiger partial charge >= 0.3 is 0 Å². The van der Waals surface area contributed by atoms with Crippen molar-refractivity contribution in [2.45, 2.75) is 5.92 Å². The lowest BCUT2D eigenvalue weighted by molar-refractivity contribution is 0.671. The molecule has 1 heterocycles. The van der Waals surface area contributed by atoms with Crippen LogP contribution in [0.25, 0.3) is 77.2 Å². The summed E-state index contributed by atoms with van der Waals surface area (Å²) in [5.41, 5.74) is 15.0.